The summed E-state index contributed by atoms with van der Waals surface area (Å²) in [4.78, 5) is 25.3. The van der Waals surface area contributed by atoms with Crippen molar-refractivity contribution >= 4 is 50.6 Å². The molecule has 3 heterocycles. The van der Waals surface area contributed by atoms with Gasteiger partial charge < -0.3 is 16.0 Å². The van der Waals surface area contributed by atoms with Gasteiger partial charge in [0.05, 0.1) is 17.3 Å². The molecule has 2 unspecified atom stereocenters. The first-order valence-electron chi connectivity index (χ1n) is 10.5. The van der Waals surface area contributed by atoms with Crippen LogP contribution in [0, 0.1) is 0 Å². The zero-order valence-electron chi connectivity index (χ0n) is 17.2. The van der Waals surface area contributed by atoms with Crippen LogP contribution in [-0.2, 0) is 11.5 Å². The number of aromatic amines is 1. The fraction of sp³-hybridized carbons (Fsp3) is 0.364. The molecule has 0 spiro atoms. The van der Waals surface area contributed by atoms with E-state index in [-0.39, 0.29) is 18.0 Å². The molecule has 2 atom stereocenters. The van der Waals surface area contributed by atoms with Crippen molar-refractivity contribution in [2.75, 3.05) is 0 Å². The van der Waals surface area contributed by atoms with Gasteiger partial charge >= 0.3 is 0 Å². The van der Waals surface area contributed by atoms with Crippen LogP contribution in [0.2, 0.25) is 0 Å². The lowest BCUT2D eigenvalue weighted by Gasteiger charge is -2.27. The molecule has 0 radical (unpaired) electrons. The first-order valence-corrected chi connectivity index (χ1v) is 12.0. The summed E-state index contributed by atoms with van der Waals surface area (Å²) in [6, 6.07) is 6.58. The molecule has 1 saturated carbocycles. The van der Waals surface area contributed by atoms with Crippen molar-refractivity contribution in [1.29, 1.82) is 0 Å². The predicted octanol–water partition coefficient (Wildman–Crippen LogP) is 3.45. The number of alkyl halides is 1. The van der Waals surface area contributed by atoms with Gasteiger partial charge in [0, 0.05) is 35.1 Å². The summed E-state index contributed by atoms with van der Waals surface area (Å²) in [5, 5.41) is 8.83. The molecule has 0 aliphatic heterocycles. The Bertz CT molecular complexity index is 1280. The topological polar surface area (TPSA) is 115 Å². The number of aromatic nitrogens is 5. The number of amides is 1. The van der Waals surface area contributed by atoms with Crippen molar-refractivity contribution in [3.8, 4) is 11.4 Å². The van der Waals surface area contributed by atoms with Crippen LogP contribution in [0.25, 0.3) is 33.5 Å². The average molecular weight is 529 g/mol. The first kappa shape index (κ1) is 20.4. The number of H-pyrrole nitrogens is 1. The van der Waals surface area contributed by atoms with E-state index in [2.05, 4.69) is 56.1 Å². The second-order valence-electron chi connectivity index (χ2n) is 8.21. The van der Waals surface area contributed by atoms with Gasteiger partial charge in [-0.2, -0.15) is 5.10 Å². The Balaban J connectivity index is 1.51. The van der Waals surface area contributed by atoms with Crippen molar-refractivity contribution in [3.05, 3.63) is 41.7 Å². The Labute approximate surface area is 193 Å². The molecule has 1 aliphatic carbocycles. The van der Waals surface area contributed by atoms with Gasteiger partial charge in [-0.15, -0.1) is 0 Å². The maximum absolute atomic E-state index is 13.0. The molecule has 0 bridgehead atoms. The average Bonchev–Trinajstić information content (AvgIpc) is 3.34. The van der Waals surface area contributed by atoms with E-state index in [9.17, 15) is 4.79 Å². The number of aryl methyl sites for hydroxylation is 1. The molecular formula is C22H24IN7O. The minimum Gasteiger partial charge on any atom is -0.349 e. The SMILES string of the molecule is Cn1nc(-c2cnc3[nH]cc(C(=O)NC4CCCC(N)C4)c3n2)c2ccc(CI)cc21. The van der Waals surface area contributed by atoms with Gasteiger partial charge in [-0.3, -0.25) is 9.48 Å². The maximum Gasteiger partial charge on any atom is 0.255 e. The molecule has 1 fully saturated rings. The molecule has 160 valence electrons. The van der Waals surface area contributed by atoms with Gasteiger partial charge in [0.2, 0.25) is 0 Å². The lowest BCUT2D eigenvalue weighted by Crippen LogP contribution is -2.42. The molecule has 31 heavy (non-hydrogen) atoms. The van der Waals surface area contributed by atoms with E-state index >= 15 is 0 Å². The molecule has 1 aromatic carbocycles. The van der Waals surface area contributed by atoms with Crippen LogP contribution in [0.3, 0.4) is 0 Å². The van der Waals surface area contributed by atoms with E-state index in [0.717, 1.165) is 46.7 Å². The number of carbonyl (C=O) groups excluding carboxylic acids is 1. The minimum atomic E-state index is -0.144. The van der Waals surface area contributed by atoms with Crippen LogP contribution in [0.4, 0.5) is 0 Å². The molecule has 3 aromatic heterocycles. The van der Waals surface area contributed by atoms with Crippen LogP contribution in [0.15, 0.2) is 30.6 Å². The number of nitrogens with one attached hydrogen (secondary N) is 2. The van der Waals surface area contributed by atoms with Gasteiger partial charge in [0.15, 0.2) is 5.65 Å². The number of fused-ring (bicyclic) bond motifs is 2. The number of benzene rings is 1. The molecule has 1 aliphatic rings. The third-order valence-corrected chi connectivity index (χ3v) is 6.87. The largest absolute Gasteiger partial charge is 0.349 e. The third-order valence-electron chi connectivity index (χ3n) is 5.99. The Hall–Kier alpha value is -2.53. The minimum absolute atomic E-state index is 0.101. The Morgan fingerprint density at radius 1 is 1.39 bits per heavy atom. The van der Waals surface area contributed by atoms with Crippen LogP contribution in [0.5, 0.6) is 0 Å². The standard InChI is InChI=1S/C22H24IN7O/c1-30-18-7-12(9-23)5-6-15(18)19(29-30)17-11-26-21-20(28-17)16(10-25-21)22(31)27-14-4-2-3-13(24)8-14/h5-7,10-11,13-14H,2-4,8-9,24H2,1H3,(H,25,26)(H,27,31). The van der Waals surface area contributed by atoms with Gasteiger partial charge in [-0.1, -0.05) is 34.7 Å². The third kappa shape index (κ3) is 3.80. The summed E-state index contributed by atoms with van der Waals surface area (Å²) >= 11 is 2.35. The Morgan fingerprint density at radius 3 is 3.06 bits per heavy atom. The first-order chi connectivity index (χ1) is 15.0. The van der Waals surface area contributed by atoms with E-state index in [0.29, 0.717) is 22.4 Å². The van der Waals surface area contributed by atoms with E-state index in [1.54, 1.807) is 12.4 Å². The number of nitrogens with two attached hydrogens (primary N) is 1. The van der Waals surface area contributed by atoms with Crippen LogP contribution >= 0.6 is 22.6 Å². The normalized spacial score (nSPS) is 19.2. The highest BCUT2D eigenvalue weighted by Gasteiger charge is 2.23. The zero-order valence-corrected chi connectivity index (χ0v) is 19.4. The van der Waals surface area contributed by atoms with Crippen molar-refractivity contribution in [2.45, 2.75) is 42.2 Å². The highest BCUT2D eigenvalue weighted by atomic mass is 127. The van der Waals surface area contributed by atoms with Crippen LogP contribution < -0.4 is 11.1 Å². The van der Waals surface area contributed by atoms with Gasteiger partial charge in [-0.25, -0.2) is 9.97 Å². The number of hydrogen-bond donors (Lipinski definition) is 3. The molecule has 0 saturated heterocycles. The lowest BCUT2D eigenvalue weighted by atomic mass is 9.91. The Kier molecular flexibility index (Phi) is 5.39. The highest BCUT2D eigenvalue weighted by Crippen LogP contribution is 2.29. The highest BCUT2D eigenvalue weighted by molar-refractivity contribution is 14.1. The van der Waals surface area contributed by atoms with Crippen LogP contribution in [0.1, 0.15) is 41.6 Å². The quantitative estimate of drug-likeness (QED) is 0.277. The summed E-state index contributed by atoms with van der Waals surface area (Å²) in [6.07, 6.45) is 7.20. The number of halogens is 1. The summed E-state index contributed by atoms with van der Waals surface area (Å²) in [6.45, 7) is 0. The number of rotatable bonds is 4. The lowest BCUT2D eigenvalue weighted by molar-refractivity contribution is 0.0927. The molecule has 8 nitrogen and oxygen atoms in total. The second-order valence-corrected chi connectivity index (χ2v) is 8.97. The number of carbonyl (C=O) groups is 1. The van der Waals surface area contributed by atoms with Crippen molar-refractivity contribution < 1.29 is 4.79 Å². The van der Waals surface area contributed by atoms with Gasteiger partial charge in [0.1, 0.15) is 16.9 Å². The summed E-state index contributed by atoms with van der Waals surface area (Å²) in [7, 11) is 1.93. The Morgan fingerprint density at radius 2 is 2.26 bits per heavy atom. The maximum atomic E-state index is 13.0. The molecule has 5 rings (SSSR count). The van der Waals surface area contributed by atoms with E-state index < -0.39 is 0 Å². The van der Waals surface area contributed by atoms with E-state index in [1.807, 2.05) is 11.7 Å². The van der Waals surface area contributed by atoms with Crippen LogP contribution in [-0.4, -0.2) is 42.7 Å². The van der Waals surface area contributed by atoms with Crippen molar-refractivity contribution in [3.63, 3.8) is 0 Å². The van der Waals surface area contributed by atoms with Crippen molar-refractivity contribution in [1.82, 2.24) is 30.0 Å². The monoisotopic (exact) mass is 529 g/mol. The second kappa shape index (κ2) is 8.19. The molecular weight excluding hydrogens is 505 g/mol. The van der Waals surface area contributed by atoms with Gasteiger partial charge in [0.25, 0.3) is 5.91 Å². The summed E-state index contributed by atoms with van der Waals surface area (Å²) < 4.78 is 2.80. The number of nitrogens with zero attached hydrogens (tertiary/aromatic N) is 4. The molecule has 1 amide bonds. The van der Waals surface area contributed by atoms with E-state index in [4.69, 9.17) is 15.8 Å². The summed E-state index contributed by atoms with van der Waals surface area (Å²) in [5.74, 6) is -0.144. The molecule has 4 N–H and O–H groups in total. The summed E-state index contributed by atoms with van der Waals surface area (Å²) in [5.41, 5.74) is 11.4. The smallest absolute Gasteiger partial charge is 0.255 e. The number of hydrogen-bond acceptors (Lipinski definition) is 5. The molecule has 9 heteroatoms. The van der Waals surface area contributed by atoms with E-state index in [1.165, 1.54) is 5.56 Å². The van der Waals surface area contributed by atoms with Gasteiger partial charge in [-0.05, 0) is 37.3 Å². The zero-order chi connectivity index (χ0) is 21.5. The fourth-order valence-corrected chi connectivity index (χ4v) is 4.85. The van der Waals surface area contributed by atoms with Crippen molar-refractivity contribution in [2.24, 2.45) is 12.8 Å². The molecule has 4 aromatic rings. The predicted molar refractivity (Wildman–Crippen MR) is 129 cm³/mol. The fourth-order valence-electron chi connectivity index (χ4n) is 4.38.